The fourth-order valence-corrected chi connectivity index (χ4v) is 0.861. The van der Waals surface area contributed by atoms with Gasteiger partial charge in [-0.25, -0.2) is 0 Å². The van der Waals surface area contributed by atoms with Crippen LogP contribution < -0.4 is 0 Å². The van der Waals surface area contributed by atoms with Gasteiger partial charge in [-0.15, -0.1) is 0 Å². The van der Waals surface area contributed by atoms with E-state index in [4.69, 9.17) is 0 Å². The Morgan fingerprint density at radius 3 is 2.56 bits per heavy atom. The van der Waals surface area contributed by atoms with Gasteiger partial charge >= 0.3 is 0 Å². The van der Waals surface area contributed by atoms with E-state index in [1.54, 1.807) is 0 Å². The van der Waals surface area contributed by atoms with Crippen molar-refractivity contribution in [2.45, 2.75) is 37.9 Å². The van der Waals surface area contributed by atoms with Gasteiger partial charge in [-0.1, -0.05) is 6.92 Å². The van der Waals surface area contributed by atoms with E-state index in [-0.39, 0.29) is 6.67 Å². The average molecular weight is 150 g/mol. The van der Waals surface area contributed by atoms with Crippen molar-refractivity contribution in [3.8, 4) is 0 Å². The molecule has 0 heterocycles. The van der Waals surface area contributed by atoms with Crippen molar-refractivity contribution in [1.29, 1.82) is 0 Å². The van der Waals surface area contributed by atoms with Crippen molar-refractivity contribution in [2.24, 2.45) is 0 Å². The molecule has 0 bridgehead atoms. The molecule has 0 aromatic heterocycles. The predicted octanol–water partition coefficient (Wildman–Crippen LogP) is 2.83. The molecule has 9 heavy (non-hydrogen) atoms. The normalized spacial score (nSPS) is 13.7. The minimum Gasteiger partial charge on any atom is -0.251 e. The maximum atomic E-state index is 11.5. The average Bonchev–Trinajstić information content (AvgIpc) is 1.89. The van der Waals surface area contributed by atoms with Gasteiger partial charge in [-0.2, -0.15) is 12.6 Å². The minimum absolute atomic E-state index is 0.176. The molecule has 0 aliphatic carbocycles. The van der Waals surface area contributed by atoms with E-state index in [2.05, 4.69) is 19.6 Å². The lowest BCUT2D eigenvalue weighted by atomic mass is 10.1. The topological polar surface area (TPSA) is 0 Å². The molecule has 0 saturated heterocycles. The first-order valence-electron chi connectivity index (χ1n) is 3.55. The fourth-order valence-electron chi connectivity index (χ4n) is 0.679. The maximum absolute atomic E-state index is 11.5. The SMILES string of the molecule is CCC(S)CCCCF. The van der Waals surface area contributed by atoms with Gasteiger partial charge in [0.1, 0.15) is 0 Å². The van der Waals surface area contributed by atoms with Crippen LogP contribution >= 0.6 is 12.6 Å². The summed E-state index contributed by atoms with van der Waals surface area (Å²) in [5.74, 6) is 0. The quantitative estimate of drug-likeness (QED) is 0.452. The highest BCUT2D eigenvalue weighted by molar-refractivity contribution is 7.80. The molecule has 0 nitrogen and oxygen atoms in total. The van der Waals surface area contributed by atoms with E-state index in [1.807, 2.05) is 0 Å². The van der Waals surface area contributed by atoms with Gasteiger partial charge in [-0.05, 0) is 25.7 Å². The third kappa shape index (κ3) is 6.16. The van der Waals surface area contributed by atoms with Crippen molar-refractivity contribution in [2.75, 3.05) is 6.67 Å². The summed E-state index contributed by atoms with van der Waals surface area (Å²) in [4.78, 5) is 0. The minimum atomic E-state index is -0.176. The summed E-state index contributed by atoms with van der Waals surface area (Å²) < 4.78 is 11.5. The van der Waals surface area contributed by atoms with E-state index in [0.29, 0.717) is 11.7 Å². The Morgan fingerprint density at radius 2 is 2.11 bits per heavy atom. The van der Waals surface area contributed by atoms with Gasteiger partial charge in [0.05, 0.1) is 6.67 Å². The molecule has 0 N–H and O–H groups in total. The van der Waals surface area contributed by atoms with Crippen LogP contribution in [0.1, 0.15) is 32.6 Å². The van der Waals surface area contributed by atoms with Gasteiger partial charge < -0.3 is 0 Å². The van der Waals surface area contributed by atoms with Gasteiger partial charge in [0.2, 0.25) is 0 Å². The van der Waals surface area contributed by atoms with Crippen LogP contribution in [0.5, 0.6) is 0 Å². The second-order valence-corrected chi connectivity index (χ2v) is 2.98. The summed E-state index contributed by atoms with van der Waals surface area (Å²) in [6.07, 6.45) is 3.84. The molecule has 0 rings (SSSR count). The molecular weight excluding hydrogens is 135 g/mol. The summed E-state index contributed by atoms with van der Waals surface area (Å²) in [6, 6.07) is 0. The highest BCUT2D eigenvalue weighted by Crippen LogP contribution is 2.09. The molecule has 1 unspecified atom stereocenters. The Kier molecular flexibility index (Phi) is 6.60. The van der Waals surface area contributed by atoms with Crippen LogP contribution in [-0.2, 0) is 0 Å². The second kappa shape index (κ2) is 6.40. The van der Waals surface area contributed by atoms with Crippen LogP contribution in [0.2, 0.25) is 0 Å². The largest absolute Gasteiger partial charge is 0.251 e. The van der Waals surface area contributed by atoms with Gasteiger partial charge in [0.15, 0.2) is 0 Å². The molecule has 0 saturated carbocycles. The molecule has 0 radical (unpaired) electrons. The number of rotatable bonds is 5. The third-order valence-electron chi connectivity index (χ3n) is 1.39. The van der Waals surface area contributed by atoms with Crippen LogP contribution in [0.4, 0.5) is 4.39 Å². The van der Waals surface area contributed by atoms with Gasteiger partial charge in [0, 0.05) is 5.25 Å². The van der Waals surface area contributed by atoms with Crippen molar-refractivity contribution < 1.29 is 4.39 Å². The third-order valence-corrected chi connectivity index (χ3v) is 2.02. The van der Waals surface area contributed by atoms with Crippen LogP contribution in [0.3, 0.4) is 0 Å². The lowest BCUT2D eigenvalue weighted by Crippen LogP contribution is -1.95. The number of hydrogen-bond acceptors (Lipinski definition) is 1. The summed E-state index contributed by atoms with van der Waals surface area (Å²) in [6.45, 7) is 1.93. The van der Waals surface area contributed by atoms with Gasteiger partial charge in [0.25, 0.3) is 0 Å². The van der Waals surface area contributed by atoms with Crippen LogP contribution in [0, 0.1) is 0 Å². The maximum Gasteiger partial charge on any atom is 0.0894 e. The van der Waals surface area contributed by atoms with Gasteiger partial charge in [-0.3, -0.25) is 4.39 Å². The summed E-state index contributed by atoms with van der Waals surface area (Å²) >= 11 is 4.28. The summed E-state index contributed by atoms with van der Waals surface area (Å²) in [5.41, 5.74) is 0. The molecule has 0 amide bonds. The first-order valence-corrected chi connectivity index (χ1v) is 4.07. The van der Waals surface area contributed by atoms with E-state index < -0.39 is 0 Å². The van der Waals surface area contributed by atoms with Crippen LogP contribution in [-0.4, -0.2) is 11.9 Å². The first kappa shape index (κ1) is 9.28. The van der Waals surface area contributed by atoms with Crippen molar-refractivity contribution in [3.63, 3.8) is 0 Å². The zero-order valence-electron chi connectivity index (χ0n) is 5.94. The monoisotopic (exact) mass is 150 g/mol. The van der Waals surface area contributed by atoms with E-state index in [9.17, 15) is 4.39 Å². The molecule has 0 fully saturated rings. The van der Waals surface area contributed by atoms with Crippen LogP contribution in [0.25, 0.3) is 0 Å². The predicted molar refractivity (Wildman–Crippen MR) is 42.9 cm³/mol. The van der Waals surface area contributed by atoms with E-state index in [0.717, 1.165) is 19.3 Å². The number of unbranched alkanes of at least 4 members (excludes halogenated alkanes) is 1. The number of alkyl halides is 1. The molecule has 0 aromatic carbocycles. The van der Waals surface area contributed by atoms with E-state index in [1.165, 1.54) is 0 Å². The summed E-state index contributed by atoms with van der Waals surface area (Å²) in [7, 11) is 0. The van der Waals surface area contributed by atoms with E-state index >= 15 is 0 Å². The second-order valence-electron chi connectivity index (χ2n) is 2.25. The molecule has 2 heteroatoms. The Morgan fingerprint density at radius 1 is 1.44 bits per heavy atom. The lowest BCUT2D eigenvalue weighted by Gasteiger charge is -2.04. The Hall–Kier alpha value is 0.280. The molecule has 1 atom stereocenters. The summed E-state index contributed by atoms with van der Waals surface area (Å²) in [5, 5.41) is 0.483. The number of halogens is 1. The molecule has 0 aliphatic rings. The molecule has 0 aromatic rings. The van der Waals surface area contributed by atoms with Crippen LogP contribution in [0.15, 0.2) is 0 Å². The number of thiol groups is 1. The standard InChI is InChI=1S/C7H15FS/c1-2-7(9)5-3-4-6-8/h7,9H,2-6H2,1H3. The molecular formula is C7H15FS. The highest BCUT2D eigenvalue weighted by Gasteiger charge is 1.97. The molecule has 0 spiro atoms. The Bertz CT molecular complexity index is 56.9. The Labute approximate surface area is 62.2 Å². The molecule has 0 aliphatic heterocycles. The fraction of sp³-hybridized carbons (Fsp3) is 1.00. The Balaban J connectivity index is 2.88. The lowest BCUT2D eigenvalue weighted by molar-refractivity contribution is 0.454. The van der Waals surface area contributed by atoms with Crippen molar-refractivity contribution in [3.05, 3.63) is 0 Å². The zero-order chi connectivity index (χ0) is 7.11. The number of hydrogen-bond donors (Lipinski definition) is 1. The zero-order valence-corrected chi connectivity index (χ0v) is 6.83. The smallest absolute Gasteiger partial charge is 0.0894 e. The first-order chi connectivity index (χ1) is 4.31. The highest BCUT2D eigenvalue weighted by atomic mass is 32.1. The molecule has 56 valence electrons. The van der Waals surface area contributed by atoms with Crippen molar-refractivity contribution in [1.82, 2.24) is 0 Å². The van der Waals surface area contributed by atoms with Crippen molar-refractivity contribution >= 4 is 12.6 Å².